The minimum Gasteiger partial charge on any atom is -0.316 e. The molecule has 0 fully saturated rings. The van der Waals surface area contributed by atoms with Crippen molar-refractivity contribution in [1.82, 2.24) is 15.5 Å². The van der Waals surface area contributed by atoms with E-state index in [-0.39, 0.29) is 0 Å². The summed E-state index contributed by atoms with van der Waals surface area (Å²) in [6.45, 7) is 6.43. The van der Waals surface area contributed by atoms with Gasteiger partial charge in [0.2, 0.25) is 0 Å². The molecule has 0 aliphatic carbocycles. The molecule has 0 aliphatic rings. The largest absolute Gasteiger partial charge is 0.316 e. The zero-order valence-corrected chi connectivity index (χ0v) is 12.5. The lowest BCUT2D eigenvalue weighted by Gasteiger charge is -1.98. The predicted molar refractivity (Wildman–Crippen MR) is 79.5 cm³/mol. The van der Waals surface area contributed by atoms with E-state index >= 15 is 0 Å². The lowest BCUT2D eigenvalue weighted by Crippen LogP contribution is -2.17. The molecule has 5 heteroatoms. The Morgan fingerprint density at radius 3 is 2.72 bits per heavy atom. The molecule has 1 N–H and O–H groups in total. The fourth-order valence-corrected chi connectivity index (χ4v) is 3.47. The SMILES string of the molecule is CCCNCCc1nnc(-c2ccc(CC)s2)s1. The van der Waals surface area contributed by atoms with E-state index in [2.05, 4.69) is 41.5 Å². The third kappa shape index (κ3) is 3.60. The van der Waals surface area contributed by atoms with Crippen LogP contribution in [0.5, 0.6) is 0 Å². The lowest BCUT2D eigenvalue weighted by atomic mass is 10.4. The molecular formula is C13H19N3S2. The first kappa shape index (κ1) is 13.6. The Morgan fingerprint density at radius 2 is 2.00 bits per heavy atom. The van der Waals surface area contributed by atoms with Crippen molar-refractivity contribution in [2.45, 2.75) is 33.1 Å². The first-order valence-electron chi connectivity index (χ1n) is 6.45. The van der Waals surface area contributed by atoms with Gasteiger partial charge in [-0.25, -0.2) is 0 Å². The van der Waals surface area contributed by atoms with E-state index in [0.717, 1.165) is 35.9 Å². The minimum atomic E-state index is 0.976. The summed E-state index contributed by atoms with van der Waals surface area (Å²) in [7, 11) is 0. The van der Waals surface area contributed by atoms with Crippen LogP contribution in [0.25, 0.3) is 9.88 Å². The molecule has 2 heterocycles. The van der Waals surface area contributed by atoms with E-state index in [1.807, 2.05) is 11.3 Å². The molecular weight excluding hydrogens is 262 g/mol. The van der Waals surface area contributed by atoms with E-state index < -0.39 is 0 Å². The summed E-state index contributed by atoms with van der Waals surface area (Å²) >= 11 is 3.54. The average molecular weight is 281 g/mol. The molecule has 0 amide bonds. The molecule has 0 radical (unpaired) electrons. The van der Waals surface area contributed by atoms with Crippen LogP contribution in [0.15, 0.2) is 12.1 Å². The van der Waals surface area contributed by atoms with Gasteiger partial charge in [0.05, 0.1) is 4.88 Å². The molecule has 0 spiro atoms. The van der Waals surface area contributed by atoms with Crippen LogP contribution < -0.4 is 5.32 Å². The van der Waals surface area contributed by atoms with Gasteiger partial charge in [-0.2, -0.15) is 0 Å². The zero-order chi connectivity index (χ0) is 12.8. The summed E-state index contributed by atoms with van der Waals surface area (Å²) in [5, 5.41) is 14.1. The van der Waals surface area contributed by atoms with Gasteiger partial charge in [-0.15, -0.1) is 21.5 Å². The summed E-state index contributed by atoms with van der Waals surface area (Å²) in [5.74, 6) is 0. The smallest absolute Gasteiger partial charge is 0.157 e. The molecule has 0 aliphatic heterocycles. The van der Waals surface area contributed by atoms with Gasteiger partial charge < -0.3 is 5.32 Å². The Labute approximate surface area is 116 Å². The number of thiophene rings is 1. The zero-order valence-electron chi connectivity index (χ0n) is 10.9. The van der Waals surface area contributed by atoms with Crippen molar-refractivity contribution in [3.05, 3.63) is 22.0 Å². The van der Waals surface area contributed by atoms with E-state index in [1.54, 1.807) is 11.3 Å². The van der Waals surface area contributed by atoms with Crippen molar-refractivity contribution in [2.24, 2.45) is 0 Å². The van der Waals surface area contributed by atoms with E-state index in [1.165, 1.54) is 16.2 Å². The molecule has 18 heavy (non-hydrogen) atoms. The number of hydrogen-bond acceptors (Lipinski definition) is 5. The van der Waals surface area contributed by atoms with Crippen LogP contribution >= 0.6 is 22.7 Å². The third-order valence-corrected chi connectivity index (χ3v) is 5.01. The van der Waals surface area contributed by atoms with Crippen molar-refractivity contribution in [3.63, 3.8) is 0 Å². The van der Waals surface area contributed by atoms with Crippen LogP contribution in [0.3, 0.4) is 0 Å². The number of nitrogens with one attached hydrogen (secondary N) is 1. The number of nitrogens with zero attached hydrogens (tertiary/aromatic N) is 2. The molecule has 2 aromatic rings. The average Bonchev–Trinajstić information content (AvgIpc) is 3.03. The van der Waals surface area contributed by atoms with Crippen LogP contribution in [0, 0.1) is 0 Å². The Kier molecular flexibility index (Phi) is 5.28. The summed E-state index contributed by atoms with van der Waals surface area (Å²) in [4.78, 5) is 2.66. The van der Waals surface area contributed by atoms with Gasteiger partial charge in [0.1, 0.15) is 5.01 Å². The third-order valence-electron chi connectivity index (χ3n) is 2.63. The molecule has 3 nitrogen and oxygen atoms in total. The quantitative estimate of drug-likeness (QED) is 0.791. The first-order valence-corrected chi connectivity index (χ1v) is 8.09. The maximum Gasteiger partial charge on any atom is 0.157 e. The standard InChI is InChI=1S/C13H19N3S2/c1-3-8-14-9-7-12-15-16-13(18-12)11-6-5-10(4-2)17-11/h5-6,14H,3-4,7-9H2,1-2H3. The van der Waals surface area contributed by atoms with Gasteiger partial charge in [0.25, 0.3) is 0 Å². The maximum absolute atomic E-state index is 4.28. The molecule has 0 aromatic carbocycles. The molecule has 2 rings (SSSR count). The summed E-state index contributed by atoms with van der Waals surface area (Å²) < 4.78 is 0. The Morgan fingerprint density at radius 1 is 1.11 bits per heavy atom. The second kappa shape index (κ2) is 6.97. The summed E-state index contributed by atoms with van der Waals surface area (Å²) in [6.07, 6.45) is 3.25. The second-order valence-corrected chi connectivity index (χ2v) is 6.35. The normalized spacial score (nSPS) is 11.0. The fraction of sp³-hybridized carbons (Fsp3) is 0.538. The highest BCUT2D eigenvalue weighted by molar-refractivity contribution is 7.21. The van der Waals surface area contributed by atoms with E-state index in [4.69, 9.17) is 0 Å². The molecule has 0 atom stereocenters. The number of aryl methyl sites for hydroxylation is 1. The van der Waals surface area contributed by atoms with Crippen LogP contribution in [0.4, 0.5) is 0 Å². The van der Waals surface area contributed by atoms with Crippen LogP contribution in [-0.4, -0.2) is 23.3 Å². The van der Waals surface area contributed by atoms with Gasteiger partial charge in [0, 0.05) is 17.8 Å². The van der Waals surface area contributed by atoms with Crippen molar-refractivity contribution >= 4 is 22.7 Å². The molecule has 0 saturated carbocycles. The maximum atomic E-state index is 4.28. The number of aromatic nitrogens is 2. The fourth-order valence-electron chi connectivity index (χ4n) is 1.63. The van der Waals surface area contributed by atoms with Gasteiger partial charge in [-0.3, -0.25) is 0 Å². The molecule has 98 valence electrons. The highest BCUT2D eigenvalue weighted by Crippen LogP contribution is 2.30. The highest BCUT2D eigenvalue weighted by Gasteiger charge is 2.08. The highest BCUT2D eigenvalue weighted by atomic mass is 32.1. The monoisotopic (exact) mass is 281 g/mol. The van der Waals surface area contributed by atoms with E-state index in [9.17, 15) is 0 Å². The number of rotatable bonds is 7. The molecule has 0 saturated heterocycles. The molecule has 2 aromatic heterocycles. The topological polar surface area (TPSA) is 37.8 Å². The van der Waals surface area contributed by atoms with Gasteiger partial charge in [-0.1, -0.05) is 25.2 Å². The van der Waals surface area contributed by atoms with Crippen LogP contribution in [-0.2, 0) is 12.8 Å². The van der Waals surface area contributed by atoms with Crippen molar-refractivity contribution in [2.75, 3.05) is 13.1 Å². The van der Waals surface area contributed by atoms with Crippen molar-refractivity contribution < 1.29 is 0 Å². The van der Waals surface area contributed by atoms with Gasteiger partial charge in [-0.05, 0) is 31.5 Å². The van der Waals surface area contributed by atoms with Crippen molar-refractivity contribution in [3.8, 4) is 9.88 Å². The van der Waals surface area contributed by atoms with Crippen LogP contribution in [0.2, 0.25) is 0 Å². The van der Waals surface area contributed by atoms with Gasteiger partial charge >= 0.3 is 0 Å². The molecule has 0 unspecified atom stereocenters. The minimum absolute atomic E-state index is 0.976. The Balaban J connectivity index is 1.93. The first-order chi connectivity index (χ1) is 8.83. The van der Waals surface area contributed by atoms with Gasteiger partial charge in [0.15, 0.2) is 5.01 Å². The second-order valence-electron chi connectivity index (χ2n) is 4.12. The molecule has 0 bridgehead atoms. The predicted octanol–water partition coefficient (Wildman–Crippen LogP) is 3.37. The summed E-state index contributed by atoms with van der Waals surface area (Å²) in [5.41, 5.74) is 0. The Hall–Kier alpha value is -0.780. The summed E-state index contributed by atoms with van der Waals surface area (Å²) in [6, 6.07) is 4.34. The van der Waals surface area contributed by atoms with Crippen LogP contribution in [0.1, 0.15) is 30.2 Å². The Bertz CT molecular complexity index is 476. The number of hydrogen-bond donors (Lipinski definition) is 1. The lowest BCUT2D eigenvalue weighted by molar-refractivity contribution is 0.668. The van der Waals surface area contributed by atoms with E-state index in [0.29, 0.717) is 0 Å². The van der Waals surface area contributed by atoms with Crippen molar-refractivity contribution in [1.29, 1.82) is 0 Å².